The van der Waals surface area contributed by atoms with Gasteiger partial charge >= 0.3 is 0 Å². The zero-order valence-electron chi connectivity index (χ0n) is 20.0. The average molecular weight is 451 g/mol. The Morgan fingerprint density at radius 2 is 1.85 bits per heavy atom. The molecule has 3 aromatic carbocycles. The van der Waals surface area contributed by atoms with Crippen LogP contribution in [-0.4, -0.2) is 4.92 Å². The van der Waals surface area contributed by atoms with Gasteiger partial charge < -0.3 is 0 Å². The highest BCUT2D eigenvalue weighted by atomic mass is 16.6. The Morgan fingerprint density at radius 3 is 2.50 bits per heavy atom. The highest BCUT2D eigenvalue weighted by molar-refractivity contribution is 5.89. The van der Waals surface area contributed by atoms with Gasteiger partial charge in [-0.1, -0.05) is 68.3 Å². The summed E-state index contributed by atoms with van der Waals surface area (Å²) in [6.07, 6.45) is 5.25. The van der Waals surface area contributed by atoms with E-state index in [2.05, 4.69) is 69.3 Å². The number of nitriles is 1. The van der Waals surface area contributed by atoms with E-state index in [4.69, 9.17) is 0 Å². The standard InChI is InChI=1S/C30H30N2O2/c1-4-27-21(3)30-18-23(17-25(19-31)24-10-12-26(13-11-24)32(33)34)9-15-29(30)28(27)14-8-22-7-5-6-20(2)16-22/h5-7,9-13,15-18,21,27-28H,4,8,14H2,1-3H3/b25-17+. The number of nitrogens with zero attached hydrogens (tertiary/aromatic N) is 2. The summed E-state index contributed by atoms with van der Waals surface area (Å²) in [6.45, 7) is 6.76. The molecule has 0 aliphatic heterocycles. The Hall–Kier alpha value is -3.71. The Bertz CT molecular complexity index is 1270. The lowest BCUT2D eigenvalue weighted by Crippen LogP contribution is -2.10. The minimum Gasteiger partial charge on any atom is -0.258 e. The van der Waals surface area contributed by atoms with Crippen LogP contribution >= 0.6 is 0 Å². The molecular weight excluding hydrogens is 420 g/mol. The molecule has 0 aromatic heterocycles. The molecule has 4 nitrogen and oxygen atoms in total. The summed E-state index contributed by atoms with van der Waals surface area (Å²) >= 11 is 0. The third kappa shape index (κ3) is 4.79. The fourth-order valence-corrected chi connectivity index (χ4v) is 5.53. The molecule has 3 unspecified atom stereocenters. The Balaban J connectivity index is 1.60. The monoisotopic (exact) mass is 450 g/mol. The Labute approximate surface area is 201 Å². The van der Waals surface area contributed by atoms with Crippen LogP contribution in [0, 0.1) is 34.3 Å². The van der Waals surface area contributed by atoms with Gasteiger partial charge in [-0.2, -0.15) is 5.26 Å². The normalized spacial score (nSPS) is 19.5. The SMILES string of the molecule is CCC1C(C)c2cc(/C=C(\C#N)c3ccc([N+](=O)[O-])cc3)ccc2C1CCc1cccc(C)c1. The van der Waals surface area contributed by atoms with Crippen LogP contribution in [0.15, 0.2) is 66.7 Å². The number of rotatable bonds is 7. The van der Waals surface area contributed by atoms with E-state index in [9.17, 15) is 15.4 Å². The molecule has 4 rings (SSSR count). The smallest absolute Gasteiger partial charge is 0.258 e. The highest BCUT2D eigenvalue weighted by Crippen LogP contribution is 2.50. The number of benzene rings is 3. The predicted octanol–water partition coefficient (Wildman–Crippen LogP) is 7.83. The third-order valence-electron chi connectivity index (χ3n) is 7.28. The molecule has 0 N–H and O–H groups in total. The quantitative estimate of drug-likeness (QED) is 0.159. The lowest BCUT2D eigenvalue weighted by atomic mass is 9.82. The molecule has 0 bridgehead atoms. The van der Waals surface area contributed by atoms with Gasteiger partial charge in [0.2, 0.25) is 0 Å². The number of nitro benzene ring substituents is 1. The first-order valence-electron chi connectivity index (χ1n) is 12.0. The van der Waals surface area contributed by atoms with Crippen LogP contribution in [-0.2, 0) is 6.42 Å². The van der Waals surface area contributed by atoms with Gasteiger partial charge in [0.15, 0.2) is 0 Å². The number of non-ortho nitro benzene ring substituents is 1. The van der Waals surface area contributed by atoms with Crippen molar-refractivity contribution in [2.24, 2.45) is 5.92 Å². The largest absolute Gasteiger partial charge is 0.269 e. The van der Waals surface area contributed by atoms with E-state index >= 15 is 0 Å². The van der Waals surface area contributed by atoms with Crippen LogP contribution in [0.2, 0.25) is 0 Å². The number of aryl methyl sites for hydroxylation is 2. The van der Waals surface area contributed by atoms with Crippen molar-refractivity contribution >= 4 is 17.3 Å². The molecule has 0 radical (unpaired) electrons. The summed E-state index contributed by atoms with van der Waals surface area (Å²) in [5.41, 5.74) is 7.74. The predicted molar refractivity (Wildman–Crippen MR) is 137 cm³/mol. The Kier molecular flexibility index (Phi) is 6.93. The van der Waals surface area contributed by atoms with Crippen molar-refractivity contribution in [3.05, 3.63) is 110 Å². The van der Waals surface area contributed by atoms with Crippen LogP contribution in [0.4, 0.5) is 5.69 Å². The van der Waals surface area contributed by atoms with Crippen molar-refractivity contribution in [3.63, 3.8) is 0 Å². The molecule has 172 valence electrons. The minimum absolute atomic E-state index is 0.0229. The number of hydrogen-bond acceptors (Lipinski definition) is 3. The fraction of sp³-hybridized carbons (Fsp3) is 0.300. The molecule has 1 aliphatic rings. The second kappa shape index (κ2) is 10.1. The maximum Gasteiger partial charge on any atom is 0.269 e. The molecule has 0 saturated carbocycles. The maximum atomic E-state index is 10.9. The van der Waals surface area contributed by atoms with E-state index in [1.807, 2.05) is 6.08 Å². The van der Waals surface area contributed by atoms with Gasteiger partial charge in [0.25, 0.3) is 5.69 Å². The second-order valence-electron chi connectivity index (χ2n) is 9.36. The number of hydrogen-bond donors (Lipinski definition) is 0. The fourth-order valence-electron chi connectivity index (χ4n) is 5.53. The molecule has 0 heterocycles. The van der Waals surface area contributed by atoms with E-state index in [1.54, 1.807) is 12.1 Å². The molecule has 4 heteroatoms. The molecule has 34 heavy (non-hydrogen) atoms. The number of fused-ring (bicyclic) bond motifs is 1. The molecule has 0 saturated heterocycles. The first kappa shape index (κ1) is 23.4. The van der Waals surface area contributed by atoms with Gasteiger partial charge in [0, 0.05) is 12.1 Å². The number of nitro groups is 1. The van der Waals surface area contributed by atoms with Crippen LogP contribution in [0.3, 0.4) is 0 Å². The number of allylic oxidation sites excluding steroid dienone is 1. The minimum atomic E-state index is -0.430. The van der Waals surface area contributed by atoms with E-state index in [0.717, 1.165) is 24.8 Å². The topological polar surface area (TPSA) is 66.9 Å². The third-order valence-corrected chi connectivity index (χ3v) is 7.28. The second-order valence-corrected chi connectivity index (χ2v) is 9.36. The van der Waals surface area contributed by atoms with E-state index in [-0.39, 0.29) is 5.69 Å². The zero-order valence-corrected chi connectivity index (χ0v) is 20.0. The summed E-state index contributed by atoms with van der Waals surface area (Å²) in [6, 6.07) is 23.8. The lowest BCUT2D eigenvalue weighted by molar-refractivity contribution is -0.384. The Morgan fingerprint density at radius 1 is 1.09 bits per heavy atom. The molecule has 1 aliphatic carbocycles. The average Bonchev–Trinajstić information content (AvgIpc) is 3.11. The van der Waals surface area contributed by atoms with Gasteiger partial charge in [-0.15, -0.1) is 0 Å². The van der Waals surface area contributed by atoms with E-state index in [1.165, 1.54) is 34.4 Å². The van der Waals surface area contributed by atoms with Crippen molar-refractivity contribution < 1.29 is 4.92 Å². The lowest BCUT2D eigenvalue weighted by Gasteiger charge is -2.22. The van der Waals surface area contributed by atoms with Crippen LogP contribution < -0.4 is 0 Å². The van der Waals surface area contributed by atoms with Crippen molar-refractivity contribution in [1.82, 2.24) is 0 Å². The molecule has 0 spiro atoms. The van der Waals surface area contributed by atoms with Crippen molar-refractivity contribution in [2.75, 3.05) is 0 Å². The maximum absolute atomic E-state index is 10.9. The van der Waals surface area contributed by atoms with Crippen molar-refractivity contribution in [3.8, 4) is 6.07 Å². The van der Waals surface area contributed by atoms with Crippen LogP contribution in [0.5, 0.6) is 0 Å². The highest BCUT2D eigenvalue weighted by Gasteiger charge is 2.36. The van der Waals surface area contributed by atoms with Crippen molar-refractivity contribution in [1.29, 1.82) is 5.26 Å². The van der Waals surface area contributed by atoms with Crippen molar-refractivity contribution in [2.45, 2.75) is 51.9 Å². The van der Waals surface area contributed by atoms with Gasteiger partial charge in [0.05, 0.1) is 16.6 Å². The molecule has 0 fully saturated rings. The molecule has 3 aromatic rings. The first-order valence-corrected chi connectivity index (χ1v) is 12.0. The summed E-state index contributed by atoms with van der Waals surface area (Å²) < 4.78 is 0. The summed E-state index contributed by atoms with van der Waals surface area (Å²) in [4.78, 5) is 10.5. The molecule has 3 atom stereocenters. The van der Waals surface area contributed by atoms with Gasteiger partial charge in [0.1, 0.15) is 0 Å². The molecule has 0 amide bonds. The van der Waals surface area contributed by atoms with Crippen LogP contribution in [0.1, 0.15) is 71.9 Å². The van der Waals surface area contributed by atoms with E-state index in [0.29, 0.717) is 28.9 Å². The molecular formula is C30H30N2O2. The summed E-state index contributed by atoms with van der Waals surface area (Å²) in [7, 11) is 0. The summed E-state index contributed by atoms with van der Waals surface area (Å²) in [5, 5.41) is 20.7. The van der Waals surface area contributed by atoms with E-state index < -0.39 is 4.92 Å². The zero-order chi connectivity index (χ0) is 24.2. The van der Waals surface area contributed by atoms with Crippen LogP contribution in [0.25, 0.3) is 11.6 Å². The van der Waals surface area contributed by atoms with Gasteiger partial charge in [-0.3, -0.25) is 10.1 Å². The van der Waals surface area contributed by atoms with Gasteiger partial charge in [-0.05, 0) is 83.5 Å². The summed E-state index contributed by atoms with van der Waals surface area (Å²) in [5.74, 6) is 1.63. The first-order chi connectivity index (χ1) is 16.4. The van der Waals surface area contributed by atoms with Gasteiger partial charge in [-0.25, -0.2) is 0 Å².